The summed E-state index contributed by atoms with van der Waals surface area (Å²) in [7, 11) is 0. The zero-order chi connectivity index (χ0) is 21.0. The zero-order valence-corrected chi connectivity index (χ0v) is 16.9. The number of ether oxygens (including phenoxy) is 1. The minimum absolute atomic E-state index is 0.127. The van der Waals surface area contributed by atoms with Gasteiger partial charge in [0.05, 0.1) is 0 Å². The van der Waals surface area contributed by atoms with Gasteiger partial charge in [0.15, 0.2) is 11.4 Å². The lowest BCUT2D eigenvalue weighted by Gasteiger charge is -2.35. The van der Waals surface area contributed by atoms with Crippen molar-refractivity contribution in [1.82, 2.24) is 15.3 Å². The highest BCUT2D eigenvalue weighted by atomic mass is 19.3. The second-order valence-electron chi connectivity index (χ2n) is 7.59. The van der Waals surface area contributed by atoms with Gasteiger partial charge in [-0.15, -0.1) is 0 Å². The molecule has 0 saturated carbocycles. The van der Waals surface area contributed by atoms with E-state index in [0.717, 1.165) is 26.1 Å². The summed E-state index contributed by atoms with van der Waals surface area (Å²) in [6.45, 7) is 5.23. The maximum atomic E-state index is 13.1. The molecule has 1 aliphatic heterocycles. The Morgan fingerprint density at radius 1 is 1.34 bits per heavy atom. The molecule has 6 nitrogen and oxygen atoms in total. The lowest BCUT2D eigenvalue weighted by atomic mass is 10.0. The van der Waals surface area contributed by atoms with Gasteiger partial charge in [-0.1, -0.05) is 13.8 Å². The molecule has 8 heteroatoms. The molecule has 1 N–H and O–H groups in total. The van der Waals surface area contributed by atoms with Crippen LogP contribution >= 0.6 is 0 Å². The molecular weight excluding hydrogens is 378 g/mol. The number of carbonyl (C=O) groups is 1. The molecule has 0 unspecified atom stereocenters. The summed E-state index contributed by atoms with van der Waals surface area (Å²) < 4.78 is 30.3. The first kappa shape index (κ1) is 21.1. The molecule has 1 saturated heterocycles. The highest BCUT2D eigenvalue weighted by Gasteiger charge is 2.25. The molecule has 2 aromatic heterocycles. The number of pyridine rings is 2. The van der Waals surface area contributed by atoms with Gasteiger partial charge in [-0.05, 0) is 43.5 Å². The van der Waals surface area contributed by atoms with Crippen molar-refractivity contribution in [3.63, 3.8) is 0 Å². The van der Waals surface area contributed by atoms with Gasteiger partial charge in [-0.3, -0.25) is 9.78 Å². The van der Waals surface area contributed by atoms with Gasteiger partial charge in [-0.2, -0.15) is 8.78 Å². The van der Waals surface area contributed by atoms with Crippen LogP contribution in [0.25, 0.3) is 0 Å². The summed E-state index contributed by atoms with van der Waals surface area (Å²) in [5.74, 6) is 0.410. The molecule has 3 rings (SSSR count). The van der Waals surface area contributed by atoms with Crippen LogP contribution in [0.15, 0.2) is 30.5 Å². The molecule has 0 aliphatic carbocycles. The molecular formula is C21H26F2N4O2. The number of hydrogen-bond donors (Lipinski definition) is 1. The first-order chi connectivity index (χ1) is 13.8. The smallest absolute Gasteiger partial charge is 0.387 e. The van der Waals surface area contributed by atoms with E-state index >= 15 is 0 Å². The Kier molecular flexibility index (Phi) is 6.74. The van der Waals surface area contributed by atoms with E-state index in [1.165, 1.54) is 6.07 Å². The van der Waals surface area contributed by atoms with Crippen LogP contribution in [0.4, 0.5) is 14.6 Å². The third kappa shape index (κ3) is 5.26. The van der Waals surface area contributed by atoms with Gasteiger partial charge in [0.1, 0.15) is 5.82 Å². The maximum absolute atomic E-state index is 13.1. The van der Waals surface area contributed by atoms with Gasteiger partial charge in [-0.25, -0.2) is 4.98 Å². The zero-order valence-electron chi connectivity index (χ0n) is 16.9. The van der Waals surface area contributed by atoms with Crippen molar-refractivity contribution in [3.8, 4) is 5.75 Å². The summed E-state index contributed by atoms with van der Waals surface area (Å²) in [6.07, 6.45) is 2.59. The Labute approximate surface area is 169 Å². The van der Waals surface area contributed by atoms with Crippen molar-refractivity contribution in [1.29, 1.82) is 0 Å². The summed E-state index contributed by atoms with van der Waals surface area (Å²) in [4.78, 5) is 23.7. The van der Waals surface area contributed by atoms with Crippen LogP contribution in [0.5, 0.6) is 5.75 Å². The molecule has 0 bridgehead atoms. The number of aryl methyl sites for hydroxylation is 1. The number of nitrogens with zero attached hydrogens (tertiary/aromatic N) is 3. The van der Waals surface area contributed by atoms with E-state index in [1.807, 2.05) is 0 Å². The molecule has 1 aliphatic rings. The highest BCUT2D eigenvalue weighted by molar-refractivity contribution is 6.10. The average Bonchev–Trinajstić information content (AvgIpc) is 2.67. The fourth-order valence-corrected chi connectivity index (χ4v) is 3.58. The summed E-state index contributed by atoms with van der Waals surface area (Å²) >= 11 is 0. The number of nitrogens with one attached hydrogen (secondary N) is 1. The topological polar surface area (TPSA) is 67.4 Å². The monoisotopic (exact) mass is 404 g/mol. The number of hydrogen-bond acceptors (Lipinski definition) is 6. The fourth-order valence-electron chi connectivity index (χ4n) is 3.58. The predicted molar refractivity (Wildman–Crippen MR) is 107 cm³/mol. The Bertz CT molecular complexity index is 860. The van der Waals surface area contributed by atoms with Gasteiger partial charge in [0, 0.05) is 43.1 Å². The standard InChI is InChI=1S/C21H26F2N4O2/c1-13(2)11-15-12-27(10-9-25-15)18-7-6-17(29-21(22)23)19(26-18)20(28)16-5-4-8-24-14(16)3/h4-8,13,15,21,25H,9-12H2,1-3H3/t15-/m0/s1. The summed E-state index contributed by atoms with van der Waals surface area (Å²) in [5, 5.41) is 3.49. The minimum atomic E-state index is -3.04. The molecule has 0 amide bonds. The van der Waals surface area contributed by atoms with Crippen molar-refractivity contribution in [2.45, 2.75) is 39.8 Å². The lowest BCUT2D eigenvalue weighted by molar-refractivity contribution is -0.0503. The van der Waals surface area contributed by atoms with E-state index in [-0.39, 0.29) is 11.4 Å². The number of ketones is 1. The number of rotatable bonds is 7. The highest BCUT2D eigenvalue weighted by Crippen LogP contribution is 2.27. The molecule has 1 fully saturated rings. The van der Waals surface area contributed by atoms with Crippen LogP contribution in [0.3, 0.4) is 0 Å². The van der Waals surface area contributed by atoms with Crippen LogP contribution in [-0.4, -0.2) is 48.0 Å². The third-order valence-electron chi connectivity index (χ3n) is 4.86. The van der Waals surface area contributed by atoms with E-state index < -0.39 is 12.4 Å². The molecule has 29 heavy (non-hydrogen) atoms. The summed E-state index contributed by atoms with van der Waals surface area (Å²) in [5.41, 5.74) is 0.693. The van der Waals surface area contributed by atoms with Gasteiger partial charge >= 0.3 is 6.61 Å². The number of piperazine rings is 1. The molecule has 0 aromatic carbocycles. The number of anilines is 1. The van der Waals surface area contributed by atoms with Crippen LogP contribution in [0.1, 0.15) is 42.0 Å². The van der Waals surface area contributed by atoms with Crippen molar-refractivity contribution in [2.75, 3.05) is 24.5 Å². The second kappa shape index (κ2) is 9.26. The lowest BCUT2D eigenvalue weighted by Crippen LogP contribution is -2.51. The van der Waals surface area contributed by atoms with Gasteiger partial charge < -0.3 is 15.0 Å². The van der Waals surface area contributed by atoms with Gasteiger partial charge in [0.25, 0.3) is 0 Å². The Balaban J connectivity index is 1.93. The maximum Gasteiger partial charge on any atom is 0.387 e. The van der Waals surface area contributed by atoms with E-state index in [4.69, 9.17) is 0 Å². The van der Waals surface area contributed by atoms with Crippen molar-refractivity contribution in [2.24, 2.45) is 5.92 Å². The minimum Gasteiger partial charge on any atom is -0.432 e. The number of halogens is 2. The van der Waals surface area contributed by atoms with Crippen LogP contribution in [0, 0.1) is 12.8 Å². The molecule has 0 radical (unpaired) electrons. The molecule has 0 spiro atoms. The SMILES string of the molecule is Cc1ncccc1C(=O)c1nc(N2CCN[C@@H](CC(C)C)C2)ccc1OC(F)F. The third-order valence-corrected chi connectivity index (χ3v) is 4.86. The van der Waals surface area contributed by atoms with E-state index in [1.54, 1.807) is 31.3 Å². The normalized spacial score (nSPS) is 17.1. The van der Waals surface area contributed by atoms with Crippen LogP contribution < -0.4 is 15.0 Å². The fraction of sp³-hybridized carbons (Fsp3) is 0.476. The number of aromatic nitrogens is 2. The van der Waals surface area contributed by atoms with Crippen molar-refractivity contribution < 1.29 is 18.3 Å². The predicted octanol–water partition coefficient (Wildman–Crippen LogP) is 3.44. The van der Waals surface area contributed by atoms with Gasteiger partial charge in [0.2, 0.25) is 5.78 Å². The summed E-state index contributed by atoms with van der Waals surface area (Å²) in [6, 6.07) is 6.57. The molecule has 2 aromatic rings. The number of carbonyl (C=O) groups excluding carboxylic acids is 1. The van der Waals surface area contributed by atoms with E-state index in [2.05, 4.69) is 38.8 Å². The molecule has 1 atom stereocenters. The van der Waals surface area contributed by atoms with E-state index in [0.29, 0.717) is 29.0 Å². The van der Waals surface area contributed by atoms with Crippen LogP contribution in [0.2, 0.25) is 0 Å². The largest absolute Gasteiger partial charge is 0.432 e. The van der Waals surface area contributed by atoms with E-state index in [9.17, 15) is 13.6 Å². The van der Waals surface area contributed by atoms with Crippen molar-refractivity contribution >= 4 is 11.6 Å². The number of alkyl halides is 2. The Morgan fingerprint density at radius 3 is 2.83 bits per heavy atom. The molecule has 156 valence electrons. The quantitative estimate of drug-likeness (QED) is 0.713. The second-order valence-corrected chi connectivity index (χ2v) is 7.59. The molecule has 3 heterocycles. The first-order valence-electron chi connectivity index (χ1n) is 9.75. The average molecular weight is 404 g/mol. The Morgan fingerprint density at radius 2 is 2.14 bits per heavy atom. The van der Waals surface area contributed by atoms with Crippen LogP contribution in [-0.2, 0) is 0 Å². The first-order valence-corrected chi connectivity index (χ1v) is 9.75. The van der Waals surface area contributed by atoms with Crippen molar-refractivity contribution in [3.05, 3.63) is 47.4 Å². The Hall–Kier alpha value is -2.61.